The molecule has 0 aliphatic rings. The first-order valence-corrected chi connectivity index (χ1v) is 9.60. The second-order valence-corrected chi connectivity index (χ2v) is 5.61. The lowest BCUT2D eigenvalue weighted by atomic mass is 10.2. The minimum atomic E-state index is -0.438. The number of hydrogen-bond donors (Lipinski definition) is 0. The maximum Gasteiger partial charge on any atom is 0.334 e. The first-order valence-electron chi connectivity index (χ1n) is 8.55. The van der Waals surface area contributed by atoms with Crippen LogP contribution in [0.1, 0.15) is 34.1 Å². The van der Waals surface area contributed by atoms with Crippen LogP contribution in [0, 0.1) is 0 Å². The van der Waals surface area contributed by atoms with Crippen LogP contribution in [0.15, 0.2) is 30.5 Å². The van der Waals surface area contributed by atoms with Crippen LogP contribution < -0.4 is 4.74 Å². The fraction of sp³-hybridized carbons (Fsp3) is 0.444. The molecule has 1 aromatic heterocycles. The maximum absolute atomic E-state index is 10.9. The summed E-state index contributed by atoms with van der Waals surface area (Å²) in [7, 11) is 3.85. The molecule has 2 rings (SSSR count). The molecule has 1 aromatic carbocycles. The van der Waals surface area contributed by atoms with Crippen molar-refractivity contribution in [2.45, 2.75) is 40.7 Å². The molecular formula is C18H29NO5P2. The monoisotopic (exact) mass is 401 g/mol. The minimum absolute atomic E-state index is 0.0847. The van der Waals surface area contributed by atoms with Gasteiger partial charge in [-0.2, -0.15) is 0 Å². The number of hydrogen-bond acceptors (Lipinski definition) is 5. The molecule has 0 saturated carbocycles. The van der Waals surface area contributed by atoms with E-state index in [4.69, 9.17) is 9.47 Å². The number of carbonyl (C=O) groups excluding carboxylic acids is 2. The van der Waals surface area contributed by atoms with Crippen molar-refractivity contribution in [2.75, 3.05) is 13.2 Å². The molecule has 0 amide bonds. The summed E-state index contributed by atoms with van der Waals surface area (Å²) < 4.78 is 16.6. The van der Waals surface area contributed by atoms with Crippen LogP contribution in [0.2, 0.25) is 0 Å². The van der Waals surface area contributed by atoms with Crippen LogP contribution in [0.5, 0.6) is 5.75 Å². The summed E-state index contributed by atoms with van der Waals surface area (Å²) in [6, 6.07) is 7.36. The summed E-state index contributed by atoms with van der Waals surface area (Å²) >= 11 is 0. The molecule has 146 valence electrons. The SMILES string of the molecule is CC.CCC.O=C(P)Oc1ccc2ccn(CCOCC(=O)OP)c2c1. The highest BCUT2D eigenvalue weighted by Crippen LogP contribution is 2.22. The minimum Gasteiger partial charge on any atom is -0.450 e. The van der Waals surface area contributed by atoms with Gasteiger partial charge in [0.2, 0.25) is 0 Å². The molecule has 2 unspecified atom stereocenters. The molecule has 2 atom stereocenters. The van der Waals surface area contributed by atoms with Gasteiger partial charge in [0.15, 0.2) is 0 Å². The Balaban J connectivity index is 0.00000113. The average molecular weight is 401 g/mol. The van der Waals surface area contributed by atoms with E-state index in [0.717, 1.165) is 10.9 Å². The van der Waals surface area contributed by atoms with Crippen molar-refractivity contribution in [2.24, 2.45) is 0 Å². The van der Waals surface area contributed by atoms with Gasteiger partial charge >= 0.3 is 11.7 Å². The van der Waals surface area contributed by atoms with E-state index in [1.165, 1.54) is 6.42 Å². The van der Waals surface area contributed by atoms with Gasteiger partial charge in [0.25, 0.3) is 0 Å². The zero-order chi connectivity index (χ0) is 19.9. The van der Waals surface area contributed by atoms with Crippen molar-refractivity contribution < 1.29 is 23.6 Å². The Morgan fingerprint density at radius 3 is 2.38 bits per heavy atom. The van der Waals surface area contributed by atoms with Crippen LogP contribution in [0.3, 0.4) is 0 Å². The Hall–Kier alpha value is -1.48. The van der Waals surface area contributed by atoms with Gasteiger partial charge in [0.1, 0.15) is 12.4 Å². The van der Waals surface area contributed by atoms with Gasteiger partial charge < -0.3 is 18.6 Å². The highest BCUT2D eigenvalue weighted by Gasteiger charge is 2.05. The number of benzene rings is 1. The highest BCUT2D eigenvalue weighted by molar-refractivity contribution is 7.39. The standard InChI is InChI=1S/C13H15NO5P2.C3H8.C2H6/c15-12(19-21)8-17-6-5-14-4-3-9-1-2-10(7-11(9)14)18-13(16)20;1-3-2;1-2/h1-4,7H,5-6,8,20-21H2;3H2,1-2H3;1-2H3. The molecule has 0 fully saturated rings. The number of nitrogens with zero attached hydrogens (tertiary/aromatic N) is 1. The molecule has 26 heavy (non-hydrogen) atoms. The van der Waals surface area contributed by atoms with Crippen molar-refractivity contribution in [3.05, 3.63) is 30.5 Å². The van der Waals surface area contributed by atoms with Gasteiger partial charge in [-0.15, -0.1) is 0 Å². The number of rotatable bonds is 6. The summed E-state index contributed by atoms with van der Waals surface area (Å²) in [4.78, 5) is 21.9. The molecular weight excluding hydrogens is 372 g/mol. The first kappa shape index (κ1) is 24.5. The number of ether oxygens (including phenoxy) is 2. The van der Waals surface area contributed by atoms with Gasteiger partial charge in [-0.05, 0) is 32.8 Å². The third-order valence-corrected chi connectivity index (χ3v) is 3.17. The smallest absolute Gasteiger partial charge is 0.334 e. The van der Waals surface area contributed by atoms with Crippen molar-refractivity contribution in [1.82, 2.24) is 4.57 Å². The lowest BCUT2D eigenvalue weighted by molar-refractivity contribution is -0.138. The Bertz CT molecular complexity index is 673. The Morgan fingerprint density at radius 1 is 1.15 bits per heavy atom. The van der Waals surface area contributed by atoms with Crippen LogP contribution in [-0.2, 0) is 20.6 Å². The van der Waals surface area contributed by atoms with Crippen LogP contribution in [-0.4, -0.2) is 29.5 Å². The van der Waals surface area contributed by atoms with E-state index in [2.05, 4.69) is 18.4 Å². The molecule has 6 nitrogen and oxygen atoms in total. The number of carbonyl (C=O) groups is 2. The summed E-state index contributed by atoms with van der Waals surface area (Å²) in [5.41, 5.74) is 0.489. The predicted molar refractivity (Wildman–Crippen MR) is 112 cm³/mol. The lowest BCUT2D eigenvalue weighted by Gasteiger charge is -2.07. The first-order chi connectivity index (χ1) is 12.5. The zero-order valence-corrected chi connectivity index (χ0v) is 18.2. The Kier molecular flexibility index (Phi) is 13.8. The summed E-state index contributed by atoms with van der Waals surface area (Å²) in [6.45, 7) is 9.11. The second-order valence-electron chi connectivity index (χ2n) is 4.90. The van der Waals surface area contributed by atoms with Crippen molar-refractivity contribution >= 4 is 41.3 Å². The van der Waals surface area contributed by atoms with Crippen LogP contribution in [0.4, 0.5) is 4.79 Å². The highest BCUT2D eigenvalue weighted by atomic mass is 31.0. The van der Waals surface area contributed by atoms with E-state index in [0.29, 0.717) is 18.9 Å². The summed E-state index contributed by atoms with van der Waals surface area (Å²) in [5.74, 6) is 0.0435. The van der Waals surface area contributed by atoms with Crippen LogP contribution >= 0.6 is 18.7 Å². The van der Waals surface area contributed by atoms with Gasteiger partial charge in [0, 0.05) is 18.8 Å². The van der Waals surface area contributed by atoms with Crippen molar-refractivity contribution in [3.63, 3.8) is 0 Å². The molecule has 0 aliphatic heterocycles. The van der Waals surface area contributed by atoms with Gasteiger partial charge in [-0.1, -0.05) is 34.1 Å². The Labute approximate surface area is 160 Å². The molecule has 0 radical (unpaired) electrons. The third-order valence-electron chi connectivity index (χ3n) is 2.79. The molecule has 0 spiro atoms. The second kappa shape index (κ2) is 14.7. The van der Waals surface area contributed by atoms with Gasteiger partial charge in [-0.25, -0.2) is 9.59 Å². The zero-order valence-electron chi connectivity index (χ0n) is 15.9. The van der Waals surface area contributed by atoms with E-state index in [-0.39, 0.29) is 6.61 Å². The molecule has 1 heterocycles. The van der Waals surface area contributed by atoms with Gasteiger partial charge in [-0.3, -0.25) is 0 Å². The molecule has 0 bridgehead atoms. The largest absolute Gasteiger partial charge is 0.450 e. The normalized spacial score (nSPS) is 9.46. The average Bonchev–Trinajstić information content (AvgIpc) is 3.02. The molecule has 0 N–H and O–H groups in total. The topological polar surface area (TPSA) is 66.8 Å². The Morgan fingerprint density at radius 2 is 1.81 bits per heavy atom. The molecule has 2 aromatic rings. The summed E-state index contributed by atoms with van der Waals surface area (Å²) in [6.07, 6.45) is 3.16. The fourth-order valence-corrected chi connectivity index (χ4v) is 2.09. The third kappa shape index (κ3) is 9.28. The van der Waals surface area contributed by atoms with E-state index < -0.39 is 11.7 Å². The van der Waals surface area contributed by atoms with Gasteiger partial charge in [0.05, 0.1) is 21.6 Å². The van der Waals surface area contributed by atoms with Crippen LogP contribution in [0.25, 0.3) is 10.9 Å². The van der Waals surface area contributed by atoms with E-state index >= 15 is 0 Å². The number of fused-ring (bicyclic) bond motifs is 1. The van der Waals surface area contributed by atoms with E-state index in [9.17, 15) is 9.59 Å². The number of aromatic nitrogens is 1. The molecule has 0 aliphatic carbocycles. The van der Waals surface area contributed by atoms with Crippen molar-refractivity contribution in [3.8, 4) is 5.75 Å². The molecule has 8 heteroatoms. The van der Waals surface area contributed by atoms with Crippen molar-refractivity contribution in [1.29, 1.82) is 0 Å². The quantitative estimate of drug-likeness (QED) is 0.513. The lowest BCUT2D eigenvalue weighted by Crippen LogP contribution is -2.12. The predicted octanol–water partition coefficient (Wildman–Crippen LogP) is 4.81. The molecule has 0 saturated heterocycles. The maximum atomic E-state index is 10.9. The van der Waals surface area contributed by atoms with E-state index in [1.807, 2.05) is 55.5 Å². The fourth-order valence-electron chi connectivity index (χ4n) is 1.89. The van der Waals surface area contributed by atoms with E-state index in [1.54, 1.807) is 12.1 Å². The summed E-state index contributed by atoms with van der Waals surface area (Å²) in [5, 5.41) is 1.03.